The van der Waals surface area contributed by atoms with Gasteiger partial charge in [-0.15, -0.1) is 0 Å². The zero-order valence-corrected chi connectivity index (χ0v) is 12.2. The summed E-state index contributed by atoms with van der Waals surface area (Å²) in [6.07, 6.45) is 0.818. The molecule has 1 aliphatic rings. The third-order valence-corrected chi connectivity index (χ3v) is 3.69. The summed E-state index contributed by atoms with van der Waals surface area (Å²) in [5, 5.41) is 11.9. The fourth-order valence-electron chi connectivity index (χ4n) is 2.64. The van der Waals surface area contributed by atoms with Crippen molar-refractivity contribution in [2.24, 2.45) is 0 Å². The Morgan fingerprint density at radius 2 is 2.24 bits per heavy atom. The SMILES string of the molecule is COC[C@@](C)(C#N)NC(=O)[C@H]1CCC(=O)c2ccccc21. The quantitative estimate of drug-likeness (QED) is 0.915. The number of hydrogen-bond donors (Lipinski definition) is 1. The maximum absolute atomic E-state index is 12.5. The number of carbonyl (C=O) groups is 2. The molecule has 0 aliphatic heterocycles. The normalized spacial score (nSPS) is 20.0. The van der Waals surface area contributed by atoms with Crippen molar-refractivity contribution < 1.29 is 14.3 Å². The summed E-state index contributed by atoms with van der Waals surface area (Å²) in [5.41, 5.74) is 0.278. The number of benzene rings is 1. The van der Waals surface area contributed by atoms with Crippen LogP contribution in [0.5, 0.6) is 0 Å². The monoisotopic (exact) mass is 286 g/mol. The number of ketones is 1. The molecule has 110 valence electrons. The lowest BCUT2D eigenvalue weighted by molar-refractivity contribution is -0.124. The minimum atomic E-state index is -1.07. The highest BCUT2D eigenvalue weighted by molar-refractivity contribution is 6.01. The van der Waals surface area contributed by atoms with Crippen LogP contribution < -0.4 is 5.32 Å². The maximum atomic E-state index is 12.5. The molecule has 0 saturated carbocycles. The van der Waals surface area contributed by atoms with Crippen LogP contribution in [0.3, 0.4) is 0 Å². The van der Waals surface area contributed by atoms with Gasteiger partial charge in [-0.2, -0.15) is 5.26 Å². The molecule has 0 fully saturated rings. The van der Waals surface area contributed by atoms with E-state index in [1.807, 2.05) is 6.07 Å². The minimum absolute atomic E-state index is 0.0644. The van der Waals surface area contributed by atoms with E-state index in [-0.39, 0.29) is 18.3 Å². The molecule has 5 nitrogen and oxygen atoms in total. The van der Waals surface area contributed by atoms with Crippen LogP contribution in [-0.4, -0.2) is 30.9 Å². The molecule has 1 aliphatic carbocycles. The number of methoxy groups -OCH3 is 1. The second kappa shape index (κ2) is 6.06. The van der Waals surface area contributed by atoms with Gasteiger partial charge in [-0.05, 0) is 18.9 Å². The molecule has 21 heavy (non-hydrogen) atoms. The van der Waals surface area contributed by atoms with E-state index < -0.39 is 11.5 Å². The van der Waals surface area contributed by atoms with Crippen molar-refractivity contribution in [2.75, 3.05) is 13.7 Å². The smallest absolute Gasteiger partial charge is 0.228 e. The molecule has 0 heterocycles. The largest absolute Gasteiger partial charge is 0.381 e. The van der Waals surface area contributed by atoms with E-state index in [1.54, 1.807) is 25.1 Å². The van der Waals surface area contributed by atoms with Gasteiger partial charge in [-0.3, -0.25) is 9.59 Å². The molecule has 0 spiro atoms. The molecule has 0 bridgehead atoms. The number of Topliss-reactive ketones (excluding diaryl/α,β-unsaturated/α-hetero) is 1. The van der Waals surface area contributed by atoms with E-state index in [2.05, 4.69) is 11.4 Å². The van der Waals surface area contributed by atoms with Crippen molar-refractivity contribution in [3.05, 3.63) is 35.4 Å². The number of carbonyl (C=O) groups excluding carboxylic acids is 2. The van der Waals surface area contributed by atoms with Crippen molar-refractivity contribution in [2.45, 2.75) is 31.2 Å². The van der Waals surface area contributed by atoms with E-state index in [4.69, 9.17) is 4.74 Å². The third kappa shape index (κ3) is 3.11. The van der Waals surface area contributed by atoms with Crippen LogP contribution >= 0.6 is 0 Å². The molecule has 0 radical (unpaired) electrons. The molecule has 1 aromatic rings. The predicted molar refractivity (Wildman–Crippen MR) is 76.8 cm³/mol. The van der Waals surface area contributed by atoms with Crippen molar-refractivity contribution >= 4 is 11.7 Å². The van der Waals surface area contributed by atoms with Crippen LogP contribution in [-0.2, 0) is 9.53 Å². The Balaban J connectivity index is 2.24. The number of nitrogens with one attached hydrogen (secondary N) is 1. The highest BCUT2D eigenvalue weighted by Gasteiger charge is 2.34. The van der Waals surface area contributed by atoms with E-state index in [9.17, 15) is 14.9 Å². The topological polar surface area (TPSA) is 79.2 Å². The Bertz CT molecular complexity index is 606. The fourth-order valence-corrected chi connectivity index (χ4v) is 2.64. The summed E-state index contributed by atoms with van der Waals surface area (Å²) >= 11 is 0. The van der Waals surface area contributed by atoms with Gasteiger partial charge in [-0.25, -0.2) is 0 Å². The van der Waals surface area contributed by atoms with Gasteiger partial charge in [0.15, 0.2) is 5.78 Å². The average molecular weight is 286 g/mol. The zero-order chi connectivity index (χ0) is 15.5. The van der Waals surface area contributed by atoms with Crippen LogP contribution in [0.1, 0.15) is 41.6 Å². The molecule has 0 saturated heterocycles. The minimum Gasteiger partial charge on any atom is -0.381 e. The van der Waals surface area contributed by atoms with Crippen LogP contribution in [0.25, 0.3) is 0 Å². The molecule has 5 heteroatoms. The maximum Gasteiger partial charge on any atom is 0.228 e. The average Bonchev–Trinajstić information content (AvgIpc) is 2.48. The predicted octanol–water partition coefficient (Wildman–Crippen LogP) is 1.79. The van der Waals surface area contributed by atoms with Gasteiger partial charge in [0.05, 0.1) is 18.6 Å². The summed E-state index contributed by atoms with van der Waals surface area (Å²) in [6.45, 7) is 1.73. The first-order chi connectivity index (χ1) is 10.0. The summed E-state index contributed by atoms with van der Waals surface area (Å²) in [5.74, 6) is -0.575. The van der Waals surface area contributed by atoms with Gasteiger partial charge in [-0.1, -0.05) is 24.3 Å². The molecule has 0 aromatic heterocycles. The summed E-state index contributed by atoms with van der Waals surface area (Å²) < 4.78 is 4.98. The van der Waals surface area contributed by atoms with Gasteiger partial charge in [0.2, 0.25) is 5.91 Å². The van der Waals surface area contributed by atoms with E-state index >= 15 is 0 Å². The van der Waals surface area contributed by atoms with E-state index in [1.165, 1.54) is 7.11 Å². The summed E-state index contributed by atoms with van der Waals surface area (Å²) in [7, 11) is 1.48. The Kier molecular flexibility index (Phi) is 4.39. The van der Waals surface area contributed by atoms with Gasteiger partial charge in [0.1, 0.15) is 5.54 Å². The van der Waals surface area contributed by atoms with Crippen LogP contribution in [0.4, 0.5) is 0 Å². The number of hydrogen-bond acceptors (Lipinski definition) is 4. The Labute approximate surface area is 123 Å². The third-order valence-electron chi connectivity index (χ3n) is 3.69. The number of amides is 1. The van der Waals surface area contributed by atoms with Crippen molar-refractivity contribution in [3.8, 4) is 6.07 Å². The van der Waals surface area contributed by atoms with Gasteiger partial charge in [0, 0.05) is 19.1 Å². The fraction of sp³-hybridized carbons (Fsp3) is 0.438. The second-order valence-corrected chi connectivity index (χ2v) is 5.47. The number of fused-ring (bicyclic) bond motifs is 1. The summed E-state index contributed by atoms with van der Waals surface area (Å²) in [6, 6.07) is 9.22. The van der Waals surface area contributed by atoms with Crippen LogP contribution in [0, 0.1) is 11.3 Å². The van der Waals surface area contributed by atoms with Gasteiger partial charge in [0.25, 0.3) is 0 Å². The highest BCUT2D eigenvalue weighted by Crippen LogP contribution is 2.32. The number of rotatable bonds is 4. The van der Waals surface area contributed by atoms with Crippen LogP contribution in [0.15, 0.2) is 24.3 Å². The van der Waals surface area contributed by atoms with Crippen molar-refractivity contribution in [3.63, 3.8) is 0 Å². The zero-order valence-electron chi connectivity index (χ0n) is 12.2. The van der Waals surface area contributed by atoms with Crippen LogP contribution in [0.2, 0.25) is 0 Å². The Morgan fingerprint density at radius 3 is 2.90 bits per heavy atom. The molecule has 1 amide bonds. The van der Waals surface area contributed by atoms with Crippen molar-refractivity contribution in [1.29, 1.82) is 5.26 Å². The Morgan fingerprint density at radius 1 is 1.52 bits per heavy atom. The van der Waals surface area contributed by atoms with E-state index in [0.29, 0.717) is 18.4 Å². The van der Waals surface area contributed by atoms with E-state index in [0.717, 1.165) is 5.56 Å². The number of nitriles is 1. The first kappa shape index (κ1) is 15.2. The highest BCUT2D eigenvalue weighted by atomic mass is 16.5. The molecular formula is C16H18N2O3. The number of nitrogens with zero attached hydrogens (tertiary/aromatic N) is 1. The number of ether oxygens (including phenoxy) is 1. The van der Waals surface area contributed by atoms with Crippen molar-refractivity contribution in [1.82, 2.24) is 5.32 Å². The molecule has 0 unspecified atom stereocenters. The Hall–Kier alpha value is -2.19. The van der Waals surface area contributed by atoms with Gasteiger partial charge < -0.3 is 10.1 Å². The summed E-state index contributed by atoms with van der Waals surface area (Å²) in [4.78, 5) is 24.4. The van der Waals surface area contributed by atoms with Gasteiger partial charge >= 0.3 is 0 Å². The second-order valence-electron chi connectivity index (χ2n) is 5.47. The molecule has 2 atom stereocenters. The lowest BCUT2D eigenvalue weighted by Crippen LogP contribution is -2.50. The molecule has 1 N–H and O–H groups in total. The molecule has 1 aromatic carbocycles. The molecular weight excluding hydrogens is 268 g/mol. The first-order valence-electron chi connectivity index (χ1n) is 6.85. The lowest BCUT2D eigenvalue weighted by Gasteiger charge is -2.28. The standard InChI is InChI=1S/C16H18N2O3/c1-16(9-17,10-21-2)18-15(20)13-7-8-14(19)12-6-4-3-5-11(12)13/h3-6,13H,7-8,10H2,1-2H3,(H,18,20)/t13-,16+/m0/s1. The lowest BCUT2D eigenvalue weighted by atomic mass is 9.81. The first-order valence-corrected chi connectivity index (χ1v) is 6.85. The molecule has 2 rings (SSSR count).